The van der Waals surface area contributed by atoms with Crippen LogP contribution in [0.15, 0.2) is 0 Å². The van der Waals surface area contributed by atoms with Crippen molar-refractivity contribution in [2.24, 2.45) is 11.3 Å². The van der Waals surface area contributed by atoms with Crippen LogP contribution in [0, 0.1) is 11.3 Å². The first kappa shape index (κ1) is 9.51. The molecule has 13 heavy (non-hydrogen) atoms. The van der Waals surface area contributed by atoms with Gasteiger partial charge >= 0.3 is 0 Å². The lowest BCUT2D eigenvalue weighted by Gasteiger charge is -2.41. The van der Waals surface area contributed by atoms with Gasteiger partial charge in [-0.3, -0.25) is 0 Å². The highest BCUT2D eigenvalue weighted by atomic mass is 15.1. The molecule has 1 aliphatic heterocycles. The fraction of sp³-hybridized carbons (Fsp3) is 1.00. The van der Waals surface area contributed by atoms with Gasteiger partial charge in [-0.25, -0.2) is 0 Å². The van der Waals surface area contributed by atoms with Gasteiger partial charge in [-0.2, -0.15) is 0 Å². The minimum atomic E-state index is 0.585. The third-order valence-corrected chi connectivity index (χ3v) is 3.72. The Kier molecular flexibility index (Phi) is 2.64. The Morgan fingerprint density at radius 3 is 2.54 bits per heavy atom. The molecule has 0 bridgehead atoms. The van der Waals surface area contributed by atoms with E-state index in [9.17, 15) is 0 Å². The van der Waals surface area contributed by atoms with Crippen LogP contribution in [0.2, 0.25) is 0 Å². The largest absolute Gasteiger partial charge is 0.303 e. The van der Waals surface area contributed by atoms with Crippen molar-refractivity contribution in [3.63, 3.8) is 0 Å². The second kappa shape index (κ2) is 3.61. The summed E-state index contributed by atoms with van der Waals surface area (Å²) in [6, 6.07) is 0. The van der Waals surface area contributed by atoms with E-state index >= 15 is 0 Å². The Morgan fingerprint density at radius 2 is 2.00 bits per heavy atom. The van der Waals surface area contributed by atoms with Crippen LogP contribution in [-0.2, 0) is 0 Å². The summed E-state index contributed by atoms with van der Waals surface area (Å²) in [6.07, 6.45) is 7.32. The van der Waals surface area contributed by atoms with Gasteiger partial charge in [-0.05, 0) is 43.6 Å². The van der Waals surface area contributed by atoms with Gasteiger partial charge in [-0.1, -0.05) is 20.3 Å². The molecule has 0 N–H and O–H groups in total. The monoisotopic (exact) mass is 181 g/mol. The molecule has 1 heteroatoms. The fourth-order valence-corrected chi connectivity index (χ4v) is 2.74. The molecule has 2 fully saturated rings. The van der Waals surface area contributed by atoms with E-state index in [0.29, 0.717) is 5.41 Å². The Balaban J connectivity index is 1.78. The third kappa shape index (κ3) is 2.46. The van der Waals surface area contributed by atoms with Crippen LogP contribution >= 0.6 is 0 Å². The van der Waals surface area contributed by atoms with Crippen LogP contribution in [0.1, 0.15) is 46.0 Å². The molecule has 1 saturated carbocycles. The molecular weight excluding hydrogens is 158 g/mol. The quantitative estimate of drug-likeness (QED) is 0.633. The van der Waals surface area contributed by atoms with Crippen LogP contribution in [-0.4, -0.2) is 24.5 Å². The van der Waals surface area contributed by atoms with Crippen LogP contribution < -0.4 is 0 Å². The van der Waals surface area contributed by atoms with Gasteiger partial charge in [0.05, 0.1) is 0 Å². The molecule has 2 rings (SSSR count). The minimum absolute atomic E-state index is 0.585. The predicted octanol–water partition coefficient (Wildman–Crippen LogP) is 2.91. The SMILES string of the molecule is CC1(C)CCCN(CC2CCC2)C1. The average Bonchev–Trinajstić information content (AvgIpc) is 1.95. The standard InChI is InChI=1S/C12H23N/c1-12(2)7-4-8-13(10-12)9-11-5-3-6-11/h11H,3-10H2,1-2H3. The van der Waals surface area contributed by atoms with E-state index in [4.69, 9.17) is 0 Å². The molecule has 0 aromatic heterocycles. The maximum absolute atomic E-state index is 2.70. The van der Waals surface area contributed by atoms with E-state index in [1.165, 1.54) is 51.7 Å². The zero-order valence-electron chi connectivity index (χ0n) is 9.18. The summed E-state index contributed by atoms with van der Waals surface area (Å²) in [7, 11) is 0. The van der Waals surface area contributed by atoms with Crippen LogP contribution in [0.3, 0.4) is 0 Å². The number of hydrogen-bond donors (Lipinski definition) is 0. The van der Waals surface area contributed by atoms with Crippen molar-refractivity contribution in [1.82, 2.24) is 4.90 Å². The second-order valence-corrected chi connectivity index (χ2v) is 5.80. The first-order valence-corrected chi connectivity index (χ1v) is 5.88. The van der Waals surface area contributed by atoms with Gasteiger partial charge in [-0.15, -0.1) is 0 Å². The Bertz CT molecular complexity index is 170. The van der Waals surface area contributed by atoms with Crippen molar-refractivity contribution in [3.05, 3.63) is 0 Å². The lowest BCUT2D eigenvalue weighted by atomic mass is 9.81. The molecule has 0 spiro atoms. The van der Waals surface area contributed by atoms with Crippen LogP contribution in [0.25, 0.3) is 0 Å². The summed E-state index contributed by atoms with van der Waals surface area (Å²) < 4.78 is 0. The third-order valence-electron chi connectivity index (χ3n) is 3.72. The van der Waals surface area contributed by atoms with Crippen molar-refractivity contribution in [2.45, 2.75) is 46.0 Å². The highest BCUT2D eigenvalue weighted by molar-refractivity contribution is 4.82. The molecule has 1 nitrogen and oxygen atoms in total. The number of likely N-dealkylation sites (tertiary alicyclic amines) is 1. The lowest BCUT2D eigenvalue weighted by Crippen LogP contribution is -2.43. The normalized spacial score (nSPS) is 30.0. The Morgan fingerprint density at radius 1 is 1.23 bits per heavy atom. The molecule has 0 aromatic carbocycles. The fourth-order valence-electron chi connectivity index (χ4n) is 2.74. The molecule has 1 saturated heterocycles. The van der Waals surface area contributed by atoms with Gasteiger partial charge in [0.25, 0.3) is 0 Å². The van der Waals surface area contributed by atoms with E-state index in [-0.39, 0.29) is 0 Å². The number of nitrogens with zero attached hydrogens (tertiary/aromatic N) is 1. The summed E-state index contributed by atoms with van der Waals surface area (Å²) in [6.45, 7) is 8.92. The molecule has 1 aliphatic carbocycles. The zero-order chi connectivity index (χ0) is 9.31. The molecular formula is C12H23N. The van der Waals surface area contributed by atoms with E-state index in [2.05, 4.69) is 18.7 Å². The first-order chi connectivity index (χ1) is 6.16. The van der Waals surface area contributed by atoms with Crippen molar-refractivity contribution in [3.8, 4) is 0 Å². The average molecular weight is 181 g/mol. The Labute approximate surface area is 82.5 Å². The number of piperidine rings is 1. The van der Waals surface area contributed by atoms with Crippen molar-refractivity contribution in [2.75, 3.05) is 19.6 Å². The van der Waals surface area contributed by atoms with E-state index in [1.54, 1.807) is 0 Å². The molecule has 0 unspecified atom stereocenters. The molecule has 76 valence electrons. The Hall–Kier alpha value is -0.0400. The summed E-state index contributed by atoms with van der Waals surface area (Å²) >= 11 is 0. The zero-order valence-corrected chi connectivity index (χ0v) is 9.18. The predicted molar refractivity (Wildman–Crippen MR) is 56.8 cm³/mol. The molecule has 0 aromatic rings. The maximum atomic E-state index is 2.70. The lowest BCUT2D eigenvalue weighted by molar-refractivity contribution is 0.0851. The van der Waals surface area contributed by atoms with E-state index < -0.39 is 0 Å². The highest BCUT2D eigenvalue weighted by Crippen LogP contribution is 2.32. The van der Waals surface area contributed by atoms with E-state index in [1.807, 2.05) is 0 Å². The smallest absolute Gasteiger partial charge is 0.00328 e. The van der Waals surface area contributed by atoms with Gasteiger partial charge in [0.1, 0.15) is 0 Å². The first-order valence-electron chi connectivity index (χ1n) is 5.88. The molecule has 1 heterocycles. The van der Waals surface area contributed by atoms with Crippen molar-refractivity contribution in [1.29, 1.82) is 0 Å². The highest BCUT2D eigenvalue weighted by Gasteiger charge is 2.28. The van der Waals surface area contributed by atoms with Gasteiger partial charge in [0, 0.05) is 13.1 Å². The van der Waals surface area contributed by atoms with E-state index in [0.717, 1.165) is 5.92 Å². The molecule has 0 radical (unpaired) electrons. The molecule has 0 atom stereocenters. The number of rotatable bonds is 2. The van der Waals surface area contributed by atoms with Crippen LogP contribution in [0.4, 0.5) is 0 Å². The van der Waals surface area contributed by atoms with Crippen LogP contribution in [0.5, 0.6) is 0 Å². The summed E-state index contributed by atoms with van der Waals surface area (Å²) in [5, 5.41) is 0. The summed E-state index contributed by atoms with van der Waals surface area (Å²) in [5.41, 5.74) is 0.585. The second-order valence-electron chi connectivity index (χ2n) is 5.80. The van der Waals surface area contributed by atoms with Gasteiger partial charge in [0.15, 0.2) is 0 Å². The van der Waals surface area contributed by atoms with Gasteiger partial charge in [0.2, 0.25) is 0 Å². The van der Waals surface area contributed by atoms with Crippen molar-refractivity contribution < 1.29 is 0 Å². The summed E-state index contributed by atoms with van der Waals surface area (Å²) in [4.78, 5) is 2.70. The van der Waals surface area contributed by atoms with Gasteiger partial charge < -0.3 is 4.90 Å². The molecule has 2 aliphatic rings. The summed E-state index contributed by atoms with van der Waals surface area (Å²) in [5.74, 6) is 1.05. The molecule has 0 amide bonds. The minimum Gasteiger partial charge on any atom is -0.303 e. The number of hydrogen-bond acceptors (Lipinski definition) is 1. The maximum Gasteiger partial charge on any atom is 0.00328 e. The van der Waals surface area contributed by atoms with Crippen molar-refractivity contribution >= 4 is 0 Å². The topological polar surface area (TPSA) is 3.24 Å².